The first-order valence-corrected chi connectivity index (χ1v) is 7.96. The average Bonchev–Trinajstić information content (AvgIpc) is 2.62. The van der Waals surface area contributed by atoms with Crippen molar-refractivity contribution >= 4 is 17.9 Å². The minimum Gasteiger partial charge on any atom is -0.373 e. The summed E-state index contributed by atoms with van der Waals surface area (Å²) in [4.78, 5) is 23.6. The van der Waals surface area contributed by atoms with Crippen LogP contribution in [0.4, 0.5) is 5.69 Å². The molecule has 0 fully saturated rings. The lowest BCUT2D eigenvalue weighted by Crippen LogP contribution is -2.41. The van der Waals surface area contributed by atoms with E-state index in [9.17, 15) is 9.59 Å². The Bertz CT molecular complexity index is 656. The molecule has 4 nitrogen and oxygen atoms in total. The maximum atomic E-state index is 12.7. The molecule has 0 spiro atoms. The Morgan fingerprint density at radius 3 is 2.21 bits per heavy atom. The van der Waals surface area contributed by atoms with Crippen LogP contribution in [-0.2, 0) is 9.59 Å². The average molecular weight is 322 g/mol. The van der Waals surface area contributed by atoms with Crippen molar-refractivity contribution in [2.24, 2.45) is 0 Å². The Morgan fingerprint density at radius 1 is 1.00 bits per heavy atom. The number of aldehydes is 1. The molecule has 4 heteroatoms. The monoisotopic (exact) mass is 322 g/mol. The number of benzene rings is 2. The van der Waals surface area contributed by atoms with Gasteiger partial charge in [-0.3, -0.25) is 4.79 Å². The van der Waals surface area contributed by atoms with E-state index in [0.29, 0.717) is 6.42 Å². The molecule has 2 N–H and O–H groups in total. The summed E-state index contributed by atoms with van der Waals surface area (Å²) in [5.41, 5.74) is 1.78. The number of carbonyl (C=O) groups is 2. The Labute approximate surface area is 142 Å². The summed E-state index contributed by atoms with van der Waals surface area (Å²) in [6, 6.07) is 18.3. The highest BCUT2D eigenvalue weighted by Crippen LogP contribution is 2.17. The summed E-state index contributed by atoms with van der Waals surface area (Å²) < 4.78 is 0. The molecule has 2 rings (SSSR count). The third-order valence-corrected chi connectivity index (χ3v) is 3.68. The molecule has 0 heterocycles. The lowest BCUT2D eigenvalue weighted by atomic mass is 10.0. The summed E-state index contributed by atoms with van der Waals surface area (Å²) in [7, 11) is 0. The molecule has 0 aliphatic carbocycles. The fourth-order valence-electron chi connectivity index (χ4n) is 2.47. The van der Waals surface area contributed by atoms with Crippen LogP contribution >= 0.6 is 0 Å². The van der Waals surface area contributed by atoms with Gasteiger partial charge in [-0.1, -0.05) is 54.6 Å². The van der Waals surface area contributed by atoms with Gasteiger partial charge in [-0.2, -0.15) is 0 Å². The minimum absolute atomic E-state index is 0.158. The van der Waals surface area contributed by atoms with E-state index in [1.165, 1.54) is 0 Å². The Hall–Kier alpha value is -2.88. The van der Waals surface area contributed by atoms with Gasteiger partial charge in [0.25, 0.3) is 0 Å². The highest BCUT2D eigenvalue weighted by atomic mass is 16.2. The number of carbonyl (C=O) groups excluding carboxylic acids is 2. The van der Waals surface area contributed by atoms with E-state index >= 15 is 0 Å². The third kappa shape index (κ3) is 5.09. The summed E-state index contributed by atoms with van der Waals surface area (Å²) in [5, 5.41) is 6.17. The number of hydrogen-bond donors (Lipinski definition) is 2. The molecule has 0 saturated carbocycles. The summed E-state index contributed by atoms with van der Waals surface area (Å²) >= 11 is 0. The second-order valence-corrected chi connectivity index (χ2v) is 5.46. The van der Waals surface area contributed by atoms with Crippen LogP contribution in [0, 0.1) is 0 Å². The van der Waals surface area contributed by atoms with Crippen LogP contribution < -0.4 is 10.6 Å². The molecule has 1 amide bonds. The zero-order valence-corrected chi connectivity index (χ0v) is 13.5. The standard InChI is InChI=1S/C20H22N2O2/c1-2-9-19(21-17-12-7-4-8-13-17)20(24)22-18(14-15-23)16-10-5-3-6-11-16/h2-8,10-13,15,18-19,21H,1,9,14H2,(H,22,24)/t18-,19-/m1/s1. The van der Waals surface area contributed by atoms with E-state index in [1.807, 2.05) is 60.7 Å². The zero-order valence-electron chi connectivity index (χ0n) is 13.5. The molecular formula is C20H22N2O2. The highest BCUT2D eigenvalue weighted by molar-refractivity contribution is 5.85. The van der Waals surface area contributed by atoms with E-state index < -0.39 is 6.04 Å². The van der Waals surface area contributed by atoms with Gasteiger partial charge in [0.05, 0.1) is 6.04 Å². The Kier molecular flexibility index (Phi) is 6.77. The van der Waals surface area contributed by atoms with Crippen molar-refractivity contribution in [1.82, 2.24) is 5.32 Å². The molecule has 0 aliphatic rings. The number of para-hydroxylation sites is 1. The zero-order chi connectivity index (χ0) is 17.2. The molecule has 124 valence electrons. The minimum atomic E-state index is -0.442. The smallest absolute Gasteiger partial charge is 0.243 e. The molecule has 24 heavy (non-hydrogen) atoms. The largest absolute Gasteiger partial charge is 0.373 e. The van der Waals surface area contributed by atoms with Crippen LogP contribution in [0.15, 0.2) is 73.3 Å². The maximum absolute atomic E-state index is 12.7. The first kappa shape index (κ1) is 17.5. The number of hydrogen-bond acceptors (Lipinski definition) is 3. The van der Waals surface area contributed by atoms with E-state index in [2.05, 4.69) is 17.2 Å². The summed E-state index contributed by atoms with van der Waals surface area (Å²) in [6.45, 7) is 3.72. The molecule has 2 aromatic carbocycles. The van der Waals surface area contributed by atoms with Gasteiger partial charge in [0.2, 0.25) is 5.91 Å². The van der Waals surface area contributed by atoms with Crippen molar-refractivity contribution in [3.8, 4) is 0 Å². The van der Waals surface area contributed by atoms with E-state index in [0.717, 1.165) is 17.5 Å². The first-order chi connectivity index (χ1) is 11.7. The lowest BCUT2D eigenvalue weighted by molar-refractivity contribution is -0.122. The van der Waals surface area contributed by atoms with Crippen molar-refractivity contribution in [2.45, 2.75) is 24.9 Å². The highest BCUT2D eigenvalue weighted by Gasteiger charge is 2.21. The van der Waals surface area contributed by atoms with Crippen molar-refractivity contribution in [3.63, 3.8) is 0 Å². The fraction of sp³-hybridized carbons (Fsp3) is 0.200. The predicted octanol–water partition coefficient (Wildman–Crippen LogP) is 3.49. The number of nitrogens with one attached hydrogen (secondary N) is 2. The lowest BCUT2D eigenvalue weighted by Gasteiger charge is -2.22. The molecule has 0 bridgehead atoms. The van der Waals surface area contributed by atoms with Gasteiger partial charge in [0.15, 0.2) is 0 Å². The quantitative estimate of drug-likeness (QED) is 0.549. The van der Waals surface area contributed by atoms with Crippen molar-refractivity contribution < 1.29 is 9.59 Å². The second kappa shape index (κ2) is 9.30. The molecule has 0 saturated heterocycles. The van der Waals surface area contributed by atoms with Crippen LogP contribution in [0.2, 0.25) is 0 Å². The second-order valence-electron chi connectivity index (χ2n) is 5.46. The summed E-state index contributed by atoms with van der Waals surface area (Å²) in [5.74, 6) is -0.158. The van der Waals surface area contributed by atoms with E-state index in [4.69, 9.17) is 0 Å². The van der Waals surface area contributed by atoms with E-state index in [-0.39, 0.29) is 18.4 Å². The van der Waals surface area contributed by atoms with Crippen LogP contribution in [0.3, 0.4) is 0 Å². The van der Waals surface area contributed by atoms with E-state index in [1.54, 1.807) is 6.08 Å². The molecular weight excluding hydrogens is 300 g/mol. The van der Waals surface area contributed by atoms with Gasteiger partial charge >= 0.3 is 0 Å². The molecule has 0 unspecified atom stereocenters. The van der Waals surface area contributed by atoms with Crippen molar-refractivity contribution in [2.75, 3.05) is 5.32 Å². The van der Waals surface area contributed by atoms with Gasteiger partial charge in [0.1, 0.15) is 12.3 Å². The molecule has 0 aromatic heterocycles. The fourth-order valence-corrected chi connectivity index (χ4v) is 2.47. The van der Waals surface area contributed by atoms with Crippen LogP contribution in [0.5, 0.6) is 0 Å². The number of amides is 1. The third-order valence-electron chi connectivity index (χ3n) is 3.68. The van der Waals surface area contributed by atoms with Crippen molar-refractivity contribution in [1.29, 1.82) is 0 Å². The molecule has 2 aromatic rings. The maximum Gasteiger partial charge on any atom is 0.243 e. The molecule has 0 radical (unpaired) electrons. The van der Waals surface area contributed by atoms with Gasteiger partial charge in [-0.15, -0.1) is 6.58 Å². The van der Waals surface area contributed by atoms with Gasteiger partial charge in [-0.25, -0.2) is 0 Å². The van der Waals surface area contributed by atoms with Crippen LogP contribution in [-0.4, -0.2) is 18.2 Å². The SMILES string of the molecule is C=CC[C@@H](Nc1ccccc1)C(=O)N[C@H](CC=O)c1ccccc1. The van der Waals surface area contributed by atoms with Gasteiger partial charge in [-0.05, 0) is 24.1 Å². The normalized spacial score (nSPS) is 12.7. The Morgan fingerprint density at radius 2 is 1.62 bits per heavy atom. The first-order valence-electron chi connectivity index (χ1n) is 7.96. The predicted molar refractivity (Wildman–Crippen MR) is 96.7 cm³/mol. The summed E-state index contributed by atoms with van der Waals surface area (Å²) in [6.07, 6.45) is 3.26. The number of anilines is 1. The van der Waals surface area contributed by atoms with Crippen LogP contribution in [0.1, 0.15) is 24.4 Å². The molecule has 2 atom stereocenters. The van der Waals surface area contributed by atoms with Gasteiger partial charge < -0.3 is 15.4 Å². The Balaban J connectivity index is 2.10. The topological polar surface area (TPSA) is 58.2 Å². The number of rotatable bonds is 9. The van der Waals surface area contributed by atoms with Gasteiger partial charge in [0, 0.05) is 12.1 Å². The van der Waals surface area contributed by atoms with Crippen molar-refractivity contribution in [3.05, 3.63) is 78.9 Å². The molecule has 0 aliphatic heterocycles. The van der Waals surface area contributed by atoms with Crippen LogP contribution in [0.25, 0.3) is 0 Å².